The van der Waals surface area contributed by atoms with Crippen LogP contribution in [0.1, 0.15) is 0 Å². The summed E-state index contributed by atoms with van der Waals surface area (Å²) >= 11 is 0. The third kappa shape index (κ3) is 4.63. The molecule has 7 aromatic carbocycles. The Bertz CT molecular complexity index is 2910. The number of benzene rings is 7. The molecular formula is C47H29N3. The molecule has 0 spiro atoms. The van der Waals surface area contributed by atoms with Crippen LogP contribution in [0.4, 0.5) is 0 Å². The predicted molar refractivity (Wildman–Crippen MR) is 209 cm³/mol. The van der Waals surface area contributed by atoms with E-state index < -0.39 is 0 Å². The normalized spacial score (nSPS) is 11.6. The molecule has 0 saturated heterocycles. The predicted octanol–water partition coefficient (Wildman–Crippen LogP) is 12.3. The van der Waals surface area contributed by atoms with Gasteiger partial charge in [-0.1, -0.05) is 140 Å². The molecular weight excluding hydrogens is 607 g/mol. The fourth-order valence-electron chi connectivity index (χ4n) is 7.47. The first-order valence-electron chi connectivity index (χ1n) is 16.9. The lowest BCUT2D eigenvalue weighted by molar-refractivity contribution is 1.37. The minimum atomic E-state index is 0.924. The zero-order chi connectivity index (χ0) is 33.0. The molecule has 0 aliphatic rings. The van der Waals surface area contributed by atoms with Crippen molar-refractivity contribution in [1.82, 2.24) is 15.0 Å². The molecule has 232 valence electrons. The maximum Gasteiger partial charge on any atom is 0.0972 e. The molecule has 3 nitrogen and oxygen atoms in total. The Labute approximate surface area is 289 Å². The van der Waals surface area contributed by atoms with Crippen molar-refractivity contribution < 1.29 is 0 Å². The first kappa shape index (κ1) is 28.3. The Kier molecular flexibility index (Phi) is 6.49. The zero-order valence-corrected chi connectivity index (χ0v) is 27.1. The molecule has 10 rings (SSSR count). The minimum Gasteiger partial charge on any atom is -0.254 e. The summed E-state index contributed by atoms with van der Waals surface area (Å²) in [7, 11) is 0. The van der Waals surface area contributed by atoms with Crippen molar-refractivity contribution in [3.8, 4) is 44.8 Å². The summed E-state index contributed by atoms with van der Waals surface area (Å²) in [4.78, 5) is 15.1. The SMILES string of the molecule is c1ccc(-c2cc(-c3ccccc3)c3c(ccc4ccc(-c5ccc(-c6ccc7ccc8cccnc8c7n6)c6ccccc56)cc43)n2)cc1. The maximum absolute atomic E-state index is 5.21. The van der Waals surface area contributed by atoms with E-state index in [0.29, 0.717) is 0 Å². The van der Waals surface area contributed by atoms with Crippen LogP contribution in [0.25, 0.3) is 99.0 Å². The van der Waals surface area contributed by atoms with E-state index in [9.17, 15) is 0 Å². The van der Waals surface area contributed by atoms with Crippen LogP contribution in [0.5, 0.6) is 0 Å². The number of nitrogens with zero attached hydrogens (tertiary/aromatic N) is 3. The molecule has 0 aliphatic heterocycles. The number of pyridine rings is 3. The summed E-state index contributed by atoms with van der Waals surface area (Å²) in [5.74, 6) is 0. The average molecular weight is 636 g/mol. The molecule has 3 heterocycles. The van der Waals surface area contributed by atoms with E-state index in [1.54, 1.807) is 0 Å². The van der Waals surface area contributed by atoms with Gasteiger partial charge in [-0.15, -0.1) is 0 Å². The second kappa shape index (κ2) is 11.5. The van der Waals surface area contributed by atoms with Gasteiger partial charge in [0.1, 0.15) is 0 Å². The molecule has 50 heavy (non-hydrogen) atoms. The third-order valence-corrected chi connectivity index (χ3v) is 9.89. The molecule has 0 N–H and O–H groups in total. The van der Waals surface area contributed by atoms with E-state index in [-0.39, 0.29) is 0 Å². The van der Waals surface area contributed by atoms with Gasteiger partial charge >= 0.3 is 0 Å². The van der Waals surface area contributed by atoms with Crippen LogP contribution >= 0.6 is 0 Å². The molecule has 0 bridgehead atoms. The summed E-state index contributed by atoms with van der Waals surface area (Å²) in [5.41, 5.74) is 11.7. The van der Waals surface area contributed by atoms with Crippen molar-refractivity contribution in [2.24, 2.45) is 0 Å². The Morgan fingerprint density at radius 3 is 1.82 bits per heavy atom. The molecule has 0 atom stereocenters. The summed E-state index contributed by atoms with van der Waals surface area (Å²) < 4.78 is 0. The largest absolute Gasteiger partial charge is 0.254 e. The van der Waals surface area contributed by atoms with Crippen LogP contribution in [0.3, 0.4) is 0 Å². The number of hydrogen-bond acceptors (Lipinski definition) is 3. The number of aromatic nitrogens is 3. The van der Waals surface area contributed by atoms with Crippen LogP contribution in [-0.4, -0.2) is 15.0 Å². The topological polar surface area (TPSA) is 38.7 Å². The average Bonchev–Trinajstić information content (AvgIpc) is 3.20. The Morgan fingerprint density at radius 2 is 1.00 bits per heavy atom. The number of fused-ring (bicyclic) bond motifs is 7. The van der Waals surface area contributed by atoms with Crippen molar-refractivity contribution in [1.29, 1.82) is 0 Å². The van der Waals surface area contributed by atoms with E-state index in [1.807, 2.05) is 18.3 Å². The molecule has 0 amide bonds. The van der Waals surface area contributed by atoms with Gasteiger partial charge in [0.05, 0.1) is 27.9 Å². The Balaban J connectivity index is 1.18. The first-order chi connectivity index (χ1) is 24.8. The lowest BCUT2D eigenvalue weighted by atomic mass is 9.90. The van der Waals surface area contributed by atoms with E-state index in [0.717, 1.165) is 55.2 Å². The highest BCUT2D eigenvalue weighted by molar-refractivity contribution is 6.16. The van der Waals surface area contributed by atoms with E-state index in [2.05, 4.69) is 163 Å². The number of rotatable bonds is 4. The summed E-state index contributed by atoms with van der Waals surface area (Å²) in [6, 6.07) is 60.3. The van der Waals surface area contributed by atoms with Crippen LogP contribution in [0, 0.1) is 0 Å². The van der Waals surface area contributed by atoms with E-state index >= 15 is 0 Å². The fourth-order valence-corrected chi connectivity index (χ4v) is 7.47. The van der Waals surface area contributed by atoms with Gasteiger partial charge < -0.3 is 0 Å². The molecule has 10 aromatic rings. The minimum absolute atomic E-state index is 0.924. The zero-order valence-electron chi connectivity index (χ0n) is 27.1. The van der Waals surface area contributed by atoms with E-state index in [1.165, 1.54) is 43.8 Å². The smallest absolute Gasteiger partial charge is 0.0972 e. The lowest BCUT2D eigenvalue weighted by Crippen LogP contribution is -1.92. The van der Waals surface area contributed by atoms with Gasteiger partial charge in [0, 0.05) is 33.5 Å². The van der Waals surface area contributed by atoms with Crippen LogP contribution in [0.15, 0.2) is 176 Å². The lowest BCUT2D eigenvalue weighted by Gasteiger charge is -2.15. The van der Waals surface area contributed by atoms with Crippen LogP contribution in [0.2, 0.25) is 0 Å². The summed E-state index contributed by atoms with van der Waals surface area (Å²) in [6.45, 7) is 0. The molecule has 0 aliphatic carbocycles. The van der Waals surface area contributed by atoms with Gasteiger partial charge in [0.15, 0.2) is 0 Å². The highest BCUT2D eigenvalue weighted by Crippen LogP contribution is 2.40. The summed E-state index contributed by atoms with van der Waals surface area (Å²) in [6.07, 6.45) is 1.84. The van der Waals surface area contributed by atoms with Gasteiger partial charge in [0.2, 0.25) is 0 Å². The third-order valence-electron chi connectivity index (χ3n) is 9.89. The second-order valence-corrected chi connectivity index (χ2v) is 12.8. The summed E-state index contributed by atoms with van der Waals surface area (Å²) in [5, 5.41) is 8.08. The monoisotopic (exact) mass is 635 g/mol. The van der Waals surface area contributed by atoms with E-state index in [4.69, 9.17) is 9.97 Å². The van der Waals surface area contributed by atoms with Gasteiger partial charge in [0.25, 0.3) is 0 Å². The van der Waals surface area contributed by atoms with Gasteiger partial charge in [-0.25, -0.2) is 9.97 Å². The van der Waals surface area contributed by atoms with Crippen LogP contribution in [-0.2, 0) is 0 Å². The highest BCUT2D eigenvalue weighted by atomic mass is 14.8. The van der Waals surface area contributed by atoms with Gasteiger partial charge in [-0.05, 0) is 74.1 Å². The quantitative estimate of drug-likeness (QED) is 0.181. The first-order valence-corrected chi connectivity index (χ1v) is 16.9. The second-order valence-electron chi connectivity index (χ2n) is 12.8. The van der Waals surface area contributed by atoms with Crippen molar-refractivity contribution in [2.75, 3.05) is 0 Å². The highest BCUT2D eigenvalue weighted by Gasteiger charge is 2.16. The molecule has 0 fully saturated rings. The fraction of sp³-hybridized carbons (Fsp3) is 0. The Morgan fingerprint density at radius 1 is 0.340 bits per heavy atom. The standard InChI is InChI=1S/C47H29N3/c1-3-10-30(11-4-1)41-29-44(32-12-5-2-6-13-32)49-43-26-21-31-17-20-35(28-40(31)45(41)43)36-23-24-39(38-16-8-7-15-37(36)38)42-25-22-34-19-18-33-14-9-27-48-46(33)47(34)50-42/h1-29H. The van der Waals surface area contributed by atoms with Crippen LogP contribution < -0.4 is 0 Å². The van der Waals surface area contributed by atoms with Crippen molar-refractivity contribution in [3.05, 3.63) is 176 Å². The molecule has 0 saturated carbocycles. The van der Waals surface area contributed by atoms with Gasteiger partial charge in [-0.3, -0.25) is 4.98 Å². The van der Waals surface area contributed by atoms with Crippen molar-refractivity contribution in [3.63, 3.8) is 0 Å². The van der Waals surface area contributed by atoms with Gasteiger partial charge in [-0.2, -0.15) is 0 Å². The molecule has 0 radical (unpaired) electrons. The maximum atomic E-state index is 5.21. The Hall–Kier alpha value is -6.71. The molecule has 3 aromatic heterocycles. The molecule has 0 unspecified atom stereocenters. The van der Waals surface area contributed by atoms with Crippen molar-refractivity contribution in [2.45, 2.75) is 0 Å². The van der Waals surface area contributed by atoms with Crippen molar-refractivity contribution >= 4 is 54.3 Å². The molecule has 3 heteroatoms. The number of hydrogen-bond donors (Lipinski definition) is 0.